The Morgan fingerprint density at radius 2 is 2.25 bits per heavy atom. The van der Waals surface area contributed by atoms with E-state index in [0.29, 0.717) is 12.2 Å². The molecule has 2 heterocycles. The molecule has 0 aliphatic heterocycles. The number of nitrogens with zero attached hydrogens (tertiary/aromatic N) is 2. The van der Waals surface area contributed by atoms with E-state index >= 15 is 0 Å². The molecular formula is C10H11ClN3OS+. The van der Waals surface area contributed by atoms with Crippen LogP contribution in [0.5, 0.6) is 0 Å². The minimum atomic E-state index is 0.489. The predicted octanol–water partition coefficient (Wildman–Crippen LogP) is 3.08. The first-order valence-electron chi connectivity index (χ1n) is 4.78. The minimum absolute atomic E-state index is 0.489. The van der Waals surface area contributed by atoms with Crippen LogP contribution in [-0.4, -0.2) is 5.10 Å². The van der Waals surface area contributed by atoms with Crippen molar-refractivity contribution in [2.24, 2.45) is 5.18 Å². The third-order valence-corrected chi connectivity index (χ3v) is 3.66. The number of aromatic amines is 1. The molecule has 2 aromatic rings. The number of halogens is 1. The normalized spacial score (nSPS) is 10.7. The third kappa shape index (κ3) is 2.01. The summed E-state index contributed by atoms with van der Waals surface area (Å²) in [6.07, 6.45) is 0. The summed E-state index contributed by atoms with van der Waals surface area (Å²) in [7, 11) is 0. The molecule has 6 heteroatoms. The van der Waals surface area contributed by atoms with Gasteiger partial charge in [-0.2, -0.15) is 5.10 Å². The van der Waals surface area contributed by atoms with Crippen molar-refractivity contribution >= 4 is 28.6 Å². The molecular weight excluding hydrogens is 246 g/mol. The summed E-state index contributed by atoms with van der Waals surface area (Å²) in [5, 5.41) is 6.12. The lowest BCUT2D eigenvalue weighted by molar-refractivity contribution is -0.747. The van der Waals surface area contributed by atoms with E-state index < -0.39 is 0 Å². The summed E-state index contributed by atoms with van der Waals surface area (Å²) < 4.78 is 2.67. The van der Waals surface area contributed by atoms with Gasteiger partial charge in [0.1, 0.15) is 5.69 Å². The van der Waals surface area contributed by atoms with Crippen molar-refractivity contribution in [3.63, 3.8) is 0 Å². The highest BCUT2D eigenvalue weighted by atomic mass is 35.5. The Labute approximate surface area is 102 Å². The van der Waals surface area contributed by atoms with Gasteiger partial charge >= 0.3 is 0 Å². The minimum Gasteiger partial charge on any atom is -0.167 e. The number of H-pyrrole nitrogens is 1. The zero-order chi connectivity index (χ0) is 11.7. The van der Waals surface area contributed by atoms with E-state index in [4.69, 9.17) is 11.6 Å². The summed E-state index contributed by atoms with van der Waals surface area (Å²) in [6.45, 7) is 4.39. The first-order valence-corrected chi connectivity index (χ1v) is 5.98. The monoisotopic (exact) mass is 256 g/mol. The molecule has 4 nitrogen and oxygen atoms in total. The molecule has 0 atom stereocenters. The van der Waals surface area contributed by atoms with Gasteiger partial charge in [0.25, 0.3) is 0 Å². The second-order valence-electron chi connectivity index (χ2n) is 3.55. The lowest BCUT2D eigenvalue weighted by atomic mass is 10.3. The largest absolute Gasteiger partial charge is 0.234 e. The van der Waals surface area contributed by atoms with Crippen LogP contribution < -0.4 is 4.68 Å². The molecule has 2 rings (SSSR count). The Hall–Kier alpha value is -1.20. The summed E-state index contributed by atoms with van der Waals surface area (Å²) in [5.74, 6) is 0. The van der Waals surface area contributed by atoms with E-state index in [0.717, 1.165) is 20.6 Å². The SMILES string of the molecule is Cc1[nH][n+](Cc2ccc(Cl)s2)c(C)c1N=O. The fourth-order valence-corrected chi connectivity index (χ4v) is 2.70. The first kappa shape index (κ1) is 11.3. The maximum Gasteiger partial charge on any atom is 0.234 e. The average molecular weight is 257 g/mol. The molecule has 0 aliphatic carbocycles. The lowest BCUT2D eigenvalue weighted by Crippen LogP contribution is -2.38. The highest BCUT2D eigenvalue weighted by Crippen LogP contribution is 2.22. The molecule has 0 saturated heterocycles. The smallest absolute Gasteiger partial charge is 0.167 e. The molecule has 0 aromatic carbocycles. The zero-order valence-electron chi connectivity index (χ0n) is 8.95. The van der Waals surface area contributed by atoms with E-state index in [2.05, 4.69) is 10.3 Å². The number of nitroso groups, excluding NO2 is 1. The molecule has 16 heavy (non-hydrogen) atoms. The van der Waals surface area contributed by atoms with Gasteiger partial charge in [0, 0.05) is 6.92 Å². The highest BCUT2D eigenvalue weighted by molar-refractivity contribution is 7.16. The standard InChI is InChI=1S/C10H10ClN3OS/c1-6-10(13-15)7(2)14(12-6)5-8-3-4-9(11)16-8/h3-4H,5H2,1-2H3/p+1. The second-order valence-corrected chi connectivity index (χ2v) is 5.35. The molecule has 1 N–H and O–H groups in total. The van der Waals surface area contributed by atoms with Crippen LogP contribution in [0.1, 0.15) is 16.3 Å². The van der Waals surface area contributed by atoms with Gasteiger partial charge < -0.3 is 0 Å². The maximum atomic E-state index is 10.6. The number of hydrogen-bond acceptors (Lipinski definition) is 3. The molecule has 84 valence electrons. The van der Waals surface area contributed by atoms with Gasteiger partial charge in [-0.05, 0) is 24.2 Å². The van der Waals surface area contributed by atoms with E-state index in [1.807, 2.05) is 30.7 Å². The van der Waals surface area contributed by atoms with E-state index in [-0.39, 0.29) is 0 Å². The van der Waals surface area contributed by atoms with E-state index in [1.165, 1.54) is 11.3 Å². The van der Waals surface area contributed by atoms with Crippen LogP contribution in [0.3, 0.4) is 0 Å². The van der Waals surface area contributed by atoms with Crippen LogP contribution >= 0.6 is 22.9 Å². The Morgan fingerprint density at radius 3 is 2.75 bits per heavy atom. The highest BCUT2D eigenvalue weighted by Gasteiger charge is 2.20. The summed E-state index contributed by atoms with van der Waals surface area (Å²) in [4.78, 5) is 11.8. The number of thiophene rings is 1. The molecule has 0 aliphatic rings. The second kappa shape index (κ2) is 4.35. The maximum absolute atomic E-state index is 10.6. The van der Waals surface area contributed by atoms with Crippen LogP contribution in [0.25, 0.3) is 0 Å². The Balaban J connectivity index is 2.31. The van der Waals surface area contributed by atoms with Crippen LogP contribution in [-0.2, 0) is 6.54 Å². The lowest BCUT2D eigenvalue weighted by Gasteiger charge is -1.90. The quantitative estimate of drug-likeness (QED) is 0.666. The van der Waals surface area contributed by atoms with Crippen molar-refractivity contribution < 1.29 is 4.68 Å². The molecule has 0 bridgehead atoms. The van der Waals surface area contributed by atoms with Gasteiger partial charge in [0.15, 0.2) is 0 Å². The zero-order valence-corrected chi connectivity index (χ0v) is 10.5. The number of hydrogen-bond donors (Lipinski definition) is 1. The molecule has 0 amide bonds. The number of aryl methyl sites for hydroxylation is 1. The van der Waals surface area contributed by atoms with Gasteiger partial charge in [-0.1, -0.05) is 11.6 Å². The van der Waals surface area contributed by atoms with Crippen molar-refractivity contribution in [3.05, 3.63) is 37.6 Å². The topological polar surface area (TPSA) is 49.1 Å². The van der Waals surface area contributed by atoms with E-state index in [1.54, 1.807) is 0 Å². The summed E-state index contributed by atoms with van der Waals surface area (Å²) >= 11 is 7.39. The number of rotatable bonds is 3. The van der Waals surface area contributed by atoms with Crippen LogP contribution in [0.2, 0.25) is 4.34 Å². The fraction of sp³-hybridized carbons (Fsp3) is 0.300. The molecule has 0 radical (unpaired) electrons. The van der Waals surface area contributed by atoms with Gasteiger partial charge in [-0.15, -0.1) is 20.9 Å². The third-order valence-electron chi connectivity index (χ3n) is 2.44. The molecule has 0 fully saturated rings. The molecule has 0 spiro atoms. The van der Waals surface area contributed by atoms with Gasteiger partial charge in [-0.3, -0.25) is 0 Å². The van der Waals surface area contributed by atoms with Crippen LogP contribution in [0, 0.1) is 18.8 Å². The van der Waals surface area contributed by atoms with Crippen LogP contribution in [0.4, 0.5) is 5.69 Å². The fourth-order valence-electron chi connectivity index (χ4n) is 1.62. The number of nitrogens with one attached hydrogen (secondary N) is 1. The molecule has 2 aromatic heterocycles. The van der Waals surface area contributed by atoms with Gasteiger partial charge in [0.2, 0.25) is 17.9 Å². The van der Waals surface area contributed by atoms with Gasteiger partial charge in [0.05, 0.1) is 9.21 Å². The first-order chi connectivity index (χ1) is 7.61. The van der Waals surface area contributed by atoms with Crippen molar-refractivity contribution in [3.8, 4) is 0 Å². The Kier molecular flexibility index (Phi) is 3.07. The van der Waals surface area contributed by atoms with Crippen molar-refractivity contribution in [2.75, 3.05) is 0 Å². The van der Waals surface area contributed by atoms with Crippen LogP contribution in [0.15, 0.2) is 17.3 Å². The summed E-state index contributed by atoms with van der Waals surface area (Å²) in [6, 6.07) is 3.84. The molecule has 0 unspecified atom stereocenters. The van der Waals surface area contributed by atoms with E-state index in [9.17, 15) is 4.91 Å². The van der Waals surface area contributed by atoms with Gasteiger partial charge in [-0.25, -0.2) is 0 Å². The Morgan fingerprint density at radius 1 is 1.50 bits per heavy atom. The average Bonchev–Trinajstić information content (AvgIpc) is 2.74. The number of aromatic nitrogens is 2. The van der Waals surface area contributed by atoms with Crippen molar-refractivity contribution in [2.45, 2.75) is 20.4 Å². The summed E-state index contributed by atoms with van der Waals surface area (Å²) in [5.41, 5.74) is 2.12. The van der Waals surface area contributed by atoms with Crippen molar-refractivity contribution in [1.82, 2.24) is 5.10 Å². The Bertz CT molecular complexity index is 532. The van der Waals surface area contributed by atoms with Crippen molar-refractivity contribution in [1.29, 1.82) is 0 Å². The predicted molar refractivity (Wildman–Crippen MR) is 64.3 cm³/mol. The molecule has 0 saturated carbocycles.